The van der Waals surface area contributed by atoms with Crippen LogP contribution in [0, 0.1) is 5.41 Å². The molecular weight excluding hydrogens is 959 g/mol. The highest BCUT2D eigenvalue weighted by Gasteiger charge is 2.36. The van der Waals surface area contributed by atoms with Crippen LogP contribution in [0.2, 0.25) is 0 Å². The Balaban J connectivity index is 0.944. The first-order chi connectivity index (χ1) is 33.8. The predicted octanol–water partition coefficient (Wildman–Crippen LogP) is 14.9. The molecule has 10 rings (SSSR count). The van der Waals surface area contributed by atoms with Crippen LogP contribution >= 0.6 is 57.5 Å². The van der Waals surface area contributed by atoms with Gasteiger partial charge in [-0.15, -0.1) is 45.8 Å². The minimum Gasteiger partial charge on any atom is -0.461 e. The Bertz CT molecular complexity index is 3500. The van der Waals surface area contributed by atoms with Gasteiger partial charge in [-0.2, -0.15) is 0 Å². The Morgan fingerprint density at radius 1 is 0.594 bits per heavy atom. The Kier molecular flexibility index (Phi) is 14.0. The van der Waals surface area contributed by atoms with Gasteiger partial charge in [-0.25, -0.2) is 19.4 Å². The molecule has 0 spiro atoms. The van der Waals surface area contributed by atoms with Gasteiger partial charge in [0.1, 0.15) is 19.8 Å². The van der Waals surface area contributed by atoms with Crippen LogP contribution in [0.15, 0.2) is 180 Å². The van der Waals surface area contributed by atoms with Gasteiger partial charge in [-0.3, -0.25) is 5.32 Å². The van der Waals surface area contributed by atoms with E-state index in [1.165, 1.54) is 52.1 Å². The minimum atomic E-state index is -0.938. The Labute approximate surface area is 418 Å². The highest BCUT2D eigenvalue weighted by molar-refractivity contribution is 8.01. The molecule has 14 heteroatoms. The van der Waals surface area contributed by atoms with Gasteiger partial charge in [-0.05, 0) is 59.2 Å². The summed E-state index contributed by atoms with van der Waals surface area (Å²) in [5, 5.41) is 10.5. The third kappa shape index (κ3) is 10.4. The lowest BCUT2D eigenvalue weighted by Gasteiger charge is -2.32. The molecule has 344 valence electrons. The van der Waals surface area contributed by atoms with Crippen molar-refractivity contribution in [3.63, 3.8) is 0 Å². The van der Waals surface area contributed by atoms with Gasteiger partial charge in [-0.1, -0.05) is 134 Å². The summed E-state index contributed by atoms with van der Waals surface area (Å²) in [4.78, 5) is 44.9. The number of ether oxygens (including phenoxy) is 3. The SMILES string of the molecule is C=CC(=O)OCCNC(=O)OCC(COC(=O)Nc1cccc(-c2cccc3c2sc2ccccc23)c1)(CSc1nc2ccccc2s1)CSc1ccccc1-c1cccc2c1sc1ccccc12. The number of anilines is 1. The van der Waals surface area contributed by atoms with Gasteiger partial charge < -0.3 is 19.5 Å². The van der Waals surface area contributed by atoms with E-state index >= 15 is 0 Å². The zero-order chi connectivity index (χ0) is 47.2. The van der Waals surface area contributed by atoms with Crippen molar-refractivity contribution in [3.05, 3.63) is 170 Å². The fraction of sp³-hybridized carbons (Fsp3) is 0.127. The Morgan fingerprint density at radius 3 is 1.93 bits per heavy atom. The number of nitrogens with one attached hydrogen (secondary N) is 2. The second kappa shape index (κ2) is 20.9. The van der Waals surface area contributed by atoms with Crippen LogP contribution in [0.1, 0.15) is 0 Å². The molecule has 69 heavy (non-hydrogen) atoms. The van der Waals surface area contributed by atoms with Gasteiger partial charge in [0.15, 0.2) is 4.34 Å². The summed E-state index contributed by atoms with van der Waals surface area (Å²) in [6.07, 6.45) is -0.276. The molecule has 3 heterocycles. The van der Waals surface area contributed by atoms with Crippen molar-refractivity contribution in [2.24, 2.45) is 5.41 Å². The van der Waals surface area contributed by atoms with E-state index in [1.807, 2.05) is 60.7 Å². The number of hydrogen-bond donors (Lipinski definition) is 2. The number of thiophene rings is 2. The van der Waals surface area contributed by atoms with Crippen LogP contribution in [0.3, 0.4) is 0 Å². The number of hydrogen-bond acceptors (Lipinski definition) is 12. The van der Waals surface area contributed by atoms with Crippen LogP contribution in [-0.4, -0.2) is 61.0 Å². The quantitative estimate of drug-likeness (QED) is 0.0302. The molecule has 0 bridgehead atoms. The average Bonchev–Trinajstić information content (AvgIpc) is 4.11. The number of para-hydroxylation sites is 1. The van der Waals surface area contributed by atoms with Gasteiger partial charge in [0.2, 0.25) is 0 Å². The molecule has 0 fully saturated rings. The lowest BCUT2D eigenvalue weighted by atomic mass is 9.95. The number of esters is 1. The van der Waals surface area contributed by atoms with Crippen molar-refractivity contribution in [1.29, 1.82) is 0 Å². The van der Waals surface area contributed by atoms with Crippen molar-refractivity contribution in [2.75, 3.05) is 43.2 Å². The predicted molar refractivity (Wildman–Crippen MR) is 289 cm³/mol. The fourth-order valence-corrected chi connectivity index (χ4v) is 14.2. The molecule has 0 radical (unpaired) electrons. The number of nitrogens with zero attached hydrogens (tertiary/aromatic N) is 1. The molecule has 9 nitrogen and oxygen atoms in total. The first-order valence-electron chi connectivity index (χ1n) is 22.1. The van der Waals surface area contributed by atoms with Crippen molar-refractivity contribution in [3.8, 4) is 22.3 Å². The molecular formula is C55H43N3O6S5. The summed E-state index contributed by atoms with van der Waals surface area (Å²) in [5.74, 6) is 0.198. The van der Waals surface area contributed by atoms with E-state index in [1.54, 1.807) is 45.8 Å². The zero-order valence-electron chi connectivity index (χ0n) is 37.0. The summed E-state index contributed by atoms with van der Waals surface area (Å²) in [5.41, 5.74) is 4.77. The third-order valence-electron chi connectivity index (χ3n) is 11.5. The minimum absolute atomic E-state index is 0.0344. The van der Waals surface area contributed by atoms with Crippen molar-refractivity contribution in [1.82, 2.24) is 10.3 Å². The number of amides is 2. The Morgan fingerprint density at radius 2 is 1.19 bits per heavy atom. The molecule has 0 saturated heterocycles. The maximum absolute atomic E-state index is 14.0. The highest BCUT2D eigenvalue weighted by Crippen LogP contribution is 2.45. The monoisotopic (exact) mass is 1000 g/mol. The summed E-state index contributed by atoms with van der Waals surface area (Å²) in [6, 6.07) is 53.7. The molecule has 1 unspecified atom stereocenters. The van der Waals surface area contributed by atoms with E-state index in [0.29, 0.717) is 17.2 Å². The molecule has 0 aliphatic rings. The summed E-state index contributed by atoms with van der Waals surface area (Å²) >= 11 is 8.27. The van der Waals surface area contributed by atoms with E-state index in [-0.39, 0.29) is 26.4 Å². The van der Waals surface area contributed by atoms with Gasteiger partial charge >= 0.3 is 18.2 Å². The molecule has 2 amide bonds. The standard InChI is InChI=1S/C55H43N3O6S5/c1-2-49(59)62-29-28-56-52(60)63-31-55(34-66-54-58-44-23-6-10-27-48(44)69-54,33-65-45-24-7-3-16-38(45)41-21-13-22-43-40-18-5-9-26-47(40)68-51(41)43)32-64-53(61)57-36-15-11-14-35(30-36)37-19-12-20-42-39-17-4-8-25-46(39)67-50(37)42/h2-27,30H,1,28-29,31-34H2,(H,56,60)(H,57,61). The molecule has 2 N–H and O–H groups in total. The smallest absolute Gasteiger partial charge is 0.411 e. The maximum atomic E-state index is 14.0. The van der Waals surface area contributed by atoms with Crippen molar-refractivity contribution < 1.29 is 28.6 Å². The number of fused-ring (bicyclic) bond motifs is 7. The van der Waals surface area contributed by atoms with E-state index in [9.17, 15) is 14.4 Å². The summed E-state index contributed by atoms with van der Waals surface area (Å²) in [6.45, 7) is 3.20. The largest absolute Gasteiger partial charge is 0.461 e. The van der Waals surface area contributed by atoms with E-state index in [0.717, 1.165) is 47.8 Å². The number of thiazole rings is 1. The van der Waals surface area contributed by atoms with Gasteiger partial charge in [0.25, 0.3) is 0 Å². The molecule has 10 aromatic rings. The number of rotatable bonds is 17. The molecule has 1 atom stereocenters. The van der Waals surface area contributed by atoms with Crippen LogP contribution in [-0.2, 0) is 19.0 Å². The molecule has 0 aliphatic heterocycles. The first-order valence-corrected chi connectivity index (χ1v) is 26.5. The lowest BCUT2D eigenvalue weighted by molar-refractivity contribution is -0.137. The lowest BCUT2D eigenvalue weighted by Crippen LogP contribution is -2.41. The summed E-state index contributed by atoms with van der Waals surface area (Å²) < 4.78 is 24.0. The molecule has 3 aromatic heterocycles. The second-order valence-corrected chi connectivity index (χ2v) is 21.6. The Hall–Kier alpha value is -6.68. The normalized spacial score (nSPS) is 12.3. The van der Waals surface area contributed by atoms with Gasteiger partial charge in [0.05, 0.1) is 22.2 Å². The number of aromatic nitrogens is 1. The van der Waals surface area contributed by atoms with Crippen molar-refractivity contribution in [2.45, 2.75) is 9.24 Å². The fourth-order valence-electron chi connectivity index (χ4n) is 8.13. The maximum Gasteiger partial charge on any atom is 0.411 e. The average molecular weight is 1000 g/mol. The number of benzene rings is 7. The van der Waals surface area contributed by atoms with Crippen LogP contribution < -0.4 is 10.6 Å². The number of carbonyl (C=O) groups is 3. The zero-order valence-corrected chi connectivity index (χ0v) is 41.1. The van der Waals surface area contributed by atoms with Crippen molar-refractivity contribution >= 4 is 132 Å². The summed E-state index contributed by atoms with van der Waals surface area (Å²) in [7, 11) is 0. The highest BCUT2D eigenvalue weighted by atomic mass is 32.2. The van der Waals surface area contributed by atoms with Gasteiger partial charge in [0, 0.05) is 74.1 Å². The van der Waals surface area contributed by atoms with Crippen LogP contribution in [0.25, 0.3) is 72.8 Å². The van der Waals surface area contributed by atoms with E-state index in [4.69, 9.17) is 19.2 Å². The topological polar surface area (TPSA) is 116 Å². The number of alkyl carbamates (subject to hydrolysis) is 1. The first kappa shape index (κ1) is 46.1. The van der Waals surface area contributed by atoms with Crippen LogP contribution in [0.5, 0.6) is 0 Å². The second-order valence-electron chi connectivity index (χ2n) is 16.2. The molecule has 0 saturated carbocycles. The number of thioether (sulfide) groups is 2. The third-order valence-corrected chi connectivity index (χ3v) is 17.9. The van der Waals surface area contributed by atoms with Crippen LogP contribution in [0.4, 0.5) is 15.3 Å². The number of carbonyl (C=O) groups excluding carboxylic acids is 3. The molecule has 7 aromatic carbocycles. The molecule has 0 aliphatic carbocycles. The van der Waals surface area contributed by atoms with E-state index in [2.05, 4.69) is 114 Å². The van der Waals surface area contributed by atoms with E-state index < -0.39 is 23.6 Å².